The summed E-state index contributed by atoms with van der Waals surface area (Å²) in [6, 6.07) is 22.3. The molecule has 0 saturated heterocycles. The normalized spacial score (nSPS) is 14.4. The van der Waals surface area contributed by atoms with E-state index in [1.54, 1.807) is 53.4 Å². The van der Waals surface area contributed by atoms with Gasteiger partial charge in [-0.05, 0) is 65.8 Å². The van der Waals surface area contributed by atoms with Gasteiger partial charge in [0.2, 0.25) is 0 Å². The summed E-state index contributed by atoms with van der Waals surface area (Å²) in [6.45, 7) is 0.568. The number of hydrogen-bond donors (Lipinski definition) is 1. The fourth-order valence-electron chi connectivity index (χ4n) is 3.55. The molecule has 3 nitrogen and oxygen atoms in total. The van der Waals surface area contributed by atoms with Gasteiger partial charge >= 0.3 is 0 Å². The Morgan fingerprint density at radius 2 is 1.67 bits per heavy atom. The van der Waals surface area contributed by atoms with Gasteiger partial charge < -0.3 is 10.0 Å². The van der Waals surface area contributed by atoms with Crippen molar-refractivity contribution in [2.45, 2.75) is 31.4 Å². The molecule has 1 fully saturated rings. The summed E-state index contributed by atoms with van der Waals surface area (Å²) < 4.78 is 0. The van der Waals surface area contributed by atoms with Crippen molar-refractivity contribution < 1.29 is 9.90 Å². The number of carbonyl (C=O) groups is 1. The van der Waals surface area contributed by atoms with Crippen LogP contribution in [0, 0.1) is 0 Å². The number of aliphatic hydroxyl groups excluding tert-OH is 1. The van der Waals surface area contributed by atoms with Gasteiger partial charge in [-0.25, -0.2) is 0 Å². The highest BCUT2D eigenvalue weighted by Gasteiger charge is 2.24. The first-order valence-corrected chi connectivity index (χ1v) is 10.8. The van der Waals surface area contributed by atoms with E-state index in [1.165, 1.54) is 18.4 Å². The largest absolute Gasteiger partial charge is 0.387 e. The summed E-state index contributed by atoms with van der Waals surface area (Å²) in [5.41, 5.74) is 3.60. The van der Waals surface area contributed by atoms with E-state index in [-0.39, 0.29) is 12.5 Å². The van der Waals surface area contributed by atoms with Crippen LogP contribution in [0.3, 0.4) is 0 Å². The Labute approximate surface area is 186 Å². The Morgan fingerprint density at radius 3 is 2.30 bits per heavy atom. The van der Waals surface area contributed by atoms with Crippen LogP contribution in [0.15, 0.2) is 72.8 Å². The Hall–Kier alpha value is -2.33. The Balaban J connectivity index is 1.56. The van der Waals surface area contributed by atoms with E-state index in [1.807, 2.05) is 0 Å². The second-order valence-electron chi connectivity index (χ2n) is 7.78. The molecule has 1 N–H and O–H groups in total. The summed E-state index contributed by atoms with van der Waals surface area (Å²) >= 11 is 12.0. The second kappa shape index (κ2) is 9.22. The number of carbonyl (C=O) groups excluding carboxylic acids is 1. The third-order valence-corrected chi connectivity index (χ3v) is 5.90. The zero-order valence-electron chi connectivity index (χ0n) is 16.5. The van der Waals surface area contributed by atoms with Gasteiger partial charge in [-0.3, -0.25) is 4.79 Å². The minimum Gasteiger partial charge on any atom is -0.387 e. The van der Waals surface area contributed by atoms with Crippen LogP contribution in [0.2, 0.25) is 10.0 Å². The Kier molecular flexibility index (Phi) is 6.43. The molecule has 0 aromatic heterocycles. The number of nitrogens with zero attached hydrogens (tertiary/aromatic N) is 1. The first-order chi connectivity index (χ1) is 14.5. The van der Waals surface area contributed by atoms with Crippen LogP contribution in [0.25, 0.3) is 0 Å². The summed E-state index contributed by atoms with van der Waals surface area (Å²) in [5.74, 6) is 0.520. The lowest BCUT2D eigenvalue weighted by Crippen LogP contribution is -2.34. The first-order valence-electron chi connectivity index (χ1n) is 10.1. The molecule has 3 aromatic rings. The van der Waals surface area contributed by atoms with Crippen LogP contribution in [-0.4, -0.2) is 22.5 Å². The molecule has 1 unspecified atom stereocenters. The zero-order chi connectivity index (χ0) is 21.1. The molecule has 0 spiro atoms. The maximum atomic E-state index is 13.2. The van der Waals surface area contributed by atoms with Gasteiger partial charge in [-0.2, -0.15) is 0 Å². The maximum absolute atomic E-state index is 13.2. The van der Waals surface area contributed by atoms with Gasteiger partial charge in [0.25, 0.3) is 5.91 Å². The Morgan fingerprint density at radius 1 is 0.967 bits per heavy atom. The fourth-order valence-corrected chi connectivity index (χ4v) is 3.87. The number of rotatable bonds is 7. The van der Waals surface area contributed by atoms with Crippen molar-refractivity contribution in [3.63, 3.8) is 0 Å². The summed E-state index contributed by atoms with van der Waals surface area (Å²) in [6.07, 6.45) is 1.69. The topological polar surface area (TPSA) is 40.5 Å². The molecule has 0 bridgehead atoms. The van der Waals surface area contributed by atoms with Crippen LogP contribution < -0.4 is 0 Å². The SMILES string of the molecule is O=C(c1cccc(Cl)c1)N(Cc1ccc(C2CC2)cc1)CC(O)c1ccc(Cl)cc1. The van der Waals surface area contributed by atoms with Crippen molar-refractivity contribution in [3.05, 3.63) is 105 Å². The van der Waals surface area contributed by atoms with Crippen molar-refractivity contribution in [1.82, 2.24) is 4.90 Å². The molecular weight excluding hydrogens is 417 g/mol. The lowest BCUT2D eigenvalue weighted by molar-refractivity contribution is 0.0603. The number of benzene rings is 3. The monoisotopic (exact) mass is 439 g/mol. The van der Waals surface area contributed by atoms with Gasteiger partial charge in [0.05, 0.1) is 12.6 Å². The molecule has 1 amide bonds. The standard InChI is InChI=1S/C25H23Cl2NO2/c26-22-12-10-20(11-13-22)24(29)16-28(25(30)21-2-1-3-23(27)14-21)15-17-4-6-18(7-5-17)19-8-9-19/h1-7,10-14,19,24,29H,8-9,15-16H2. The molecule has 1 aliphatic carbocycles. The Bertz CT molecular complexity index is 1010. The number of halogens is 2. The quantitative estimate of drug-likeness (QED) is 0.472. The highest BCUT2D eigenvalue weighted by atomic mass is 35.5. The van der Waals surface area contributed by atoms with E-state index in [0.717, 1.165) is 5.56 Å². The van der Waals surface area contributed by atoms with Crippen LogP contribution in [-0.2, 0) is 6.54 Å². The van der Waals surface area contributed by atoms with Gasteiger partial charge in [-0.15, -0.1) is 0 Å². The summed E-state index contributed by atoms with van der Waals surface area (Å²) in [5, 5.41) is 11.9. The fraction of sp³-hybridized carbons (Fsp3) is 0.240. The highest BCUT2D eigenvalue weighted by molar-refractivity contribution is 6.31. The van der Waals surface area contributed by atoms with E-state index >= 15 is 0 Å². The van der Waals surface area contributed by atoms with E-state index in [4.69, 9.17) is 23.2 Å². The molecule has 1 aliphatic rings. The maximum Gasteiger partial charge on any atom is 0.254 e. The molecule has 5 heteroatoms. The van der Waals surface area contributed by atoms with E-state index in [0.29, 0.717) is 33.6 Å². The third kappa shape index (κ3) is 5.23. The van der Waals surface area contributed by atoms with E-state index < -0.39 is 6.10 Å². The lowest BCUT2D eigenvalue weighted by Gasteiger charge is -2.26. The first kappa shape index (κ1) is 20.9. The van der Waals surface area contributed by atoms with Crippen LogP contribution in [0.5, 0.6) is 0 Å². The molecule has 3 aromatic carbocycles. The predicted molar refractivity (Wildman–Crippen MR) is 121 cm³/mol. The van der Waals surface area contributed by atoms with Crippen molar-refractivity contribution in [2.75, 3.05) is 6.54 Å². The minimum atomic E-state index is -0.823. The molecule has 0 aliphatic heterocycles. The second-order valence-corrected chi connectivity index (χ2v) is 8.65. The van der Waals surface area contributed by atoms with Gasteiger partial charge in [0, 0.05) is 22.2 Å². The highest BCUT2D eigenvalue weighted by Crippen LogP contribution is 2.40. The molecule has 1 atom stereocenters. The zero-order valence-corrected chi connectivity index (χ0v) is 18.0. The molecule has 4 rings (SSSR count). The predicted octanol–water partition coefficient (Wildman–Crippen LogP) is 6.25. The molecule has 30 heavy (non-hydrogen) atoms. The van der Waals surface area contributed by atoms with E-state index in [9.17, 15) is 9.90 Å². The molecule has 0 heterocycles. The summed E-state index contributed by atoms with van der Waals surface area (Å²) in [4.78, 5) is 14.9. The van der Waals surface area contributed by atoms with Gasteiger partial charge in [0.1, 0.15) is 0 Å². The van der Waals surface area contributed by atoms with Gasteiger partial charge in [-0.1, -0.05) is 65.7 Å². The average Bonchev–Trinajstić information content (AvgIpc) is 3.59. The van der Waals surface area contributed by atoms with Crippen molar-refractivity contribution in [2.24, 2.45) is 0 Å². The third-order valence-electron chi connectivity index (χ3n) is 5.41. The van der Waals surface area contributed by atoms with Crippen LogP contribution in [0.4, 0.5) is 0 Å². The van der Waals surface area contributed by atoms with Gasteiger partial charge in [0.15, 0.2) is 0 Å². The molecule has 0 radical (unpaired) electrons. The van der Waals surface area contributed by atoms with Crippen molar-refractivity contribution >= 4 is 29.1 Å². The van der Waals surface area contributed by atoms with Crippen molar-refractivity contribution in [1.29, 1.82) is 0 Å². The number of amides is 1. The molecule has 1 saturated carbocycles. The minimum absolute atomic E-state index is 0.164. The lowest BCUT2D eigenvalue weighted by atomic mass is 10.1. The van der Waals surface area contributed by atoms with Crippen LogP contribution >= 0.6 is 23.2 Å². The van der Waals surface area contributed by atoms with Crippen LogP contribution in [0.1, 0.15) is 51.9 Å². The molecule has 154 valence electrons. The van der Waals surface area contributed by atoms with E-state index in [2.05, 4.69) is 24.3 Å². The van der Waals surface area contributed by atoms with Crippen molar-refractivity contribution in [3.8, 4) is 0 Å². The number of aliphatic hydroxyl groups is 1. The average molecular weight is 440 g/mol. The molecular formula is C25H23Cl2NO2. The summed E-state index contributed by atoms with van der Waals surface area (Å²) in [7, 11) is 0. The number of hydrogen-bond acceptors (Lipinski definition) is 2. The smallest absolute Gasteiger partial charge is 0.254 e.